The highest BCUT2D eigenvalue weighted by Crippen LogP contribution is 2.58. The number of nitrogens with two attached hydrogens (primary N) is 1. The summed E-state index contributed by atoms with van der Waals surface area (Å²) in [5, 5.41) is 48.3. The number of piperidine rings is 1. The van der Waals surface area contributed by atoms with Gasteiger partial charge in [0, 0.05) is 37.8 Å². The number of carbonyl (C=O) groups is 2. The SMILES string of the molecule is COc1cc(C(=CC(=O)CC(=O)CC2C=CC3CC(NCC(O)C4CCCCC4)CC3(CC3C4CCNCC4CC4C=CCNC43)C2)CO)c(CC2=CNC(N)C=C2CCc2cccc(CCc3ccccc3)c2)cc1O. The molecule has 77 heavy (non-hydrogen) atoms. The molecule has 0 spiro atoms. The van der Waals surface area contributed by atoms with Gasteiger partial charge in [-0.15, -0.1) is 0 Å². The summed E-state index contributed by atoms with van der Waals surface area (Å²) in [5.74, 6) is 2.92. The number of phenols is 1. The predicted octanol–water partition coefficient (Wildman–Crippen LogP) is 9.01. The zero-order valence-corrected chi connectivity index (χ0v) is 45.7. The van der Waals surface area contributed by atoms with Gasteiger partial charge in [0.1, 0.15) is 5.78 Å². The number of rotatable bonds is 22. The lowest BCUT2D eigenvalue weighted by Gasteiger charge is -2.54. The number of hydrogen-bond donors (Lipinski definition) is 8. The van der Waals surface area contributed by atoms with Crippen LogP contribution in [-0.2, 0) is 35.3 Å². The molecule has 1 saturated heterocycles. The number of ketones is 2. The second-order valence-corrected chi connectivity index (χ2v) is 24.3. The third-order valence-corrected chi connectivity index (χ3v) is 19.2. The minimum Gasteiger partial charge on any atom is -0.504 e. The summed E-state index contributed by atoms with van der Waals surface area (Å²) in [5.41, 5.74) is 14.0. The van der Waals surface area contributed by atoms with E-state index in [2.05, 4.69) is 94.1 Å². The van der Waals surface area contributed by atoms with E-state index in [0.717, 1.165) is 95.0 Å². The van der Waals surface area contributed by atoms with Crippen molar-refractivity contribution in [3.05, 3.63) is 148 Å². The van der Waals surface area contributed by atoms with Crippen molar-refractivity contribution in [2.24, 2.45) is 52.6 Å². The average molecular weight is 1050 g/mol. The van der Waals surface area contributed by atoms with E-state index >= 15 is 0 Å². The van der Waals surface area contributed by atoms with Gasteiger partial charge in [0.2, 0.25) is 0 Å². The maximum Gasteiger partial charge on any atom is 0.163 e. The molecule has 10 rings (SSSR count). The maximum absolute atomic E-state index is 14.2. The third kappa shape index (κ3) is 13.7. The van der Waals surface area contributed by atoms with Crippen molar-refractivity contribution in [3.8, 4) is 11.5 Å². The van der Waals surface area contributed by atoms with Crippen LogP contribution in [0.2, 0.25) is 0 Å². The topological polar surface area (TPSA) is 178 Å². The molecule has 0 amide bonds. The molecule has 11 heteroatoms. The Morgan fingerprint density at radius 3 is 2.51 bits per heavy atom. The molecule has 412 valence electrons. The number of Topliss-reactive ketones (excluding diaryl/α,β-unsaturated/α-hetero) is 1. The smallest absolute Gasteiger partial charge is 0.163 e. The number of aliphatic hydroxyl groups excluding tert-OH is 2. The Hall–Kier alpha value is -5.14. The van der Waals surface area contributed by atoms with E-state index in [1.54, 1.807) is 12.1 Å². The zero-order chi connectivity index (χ0) is 53.3. The van der Waals surface area contributed by atoms with Crippen molar-refractivity contribution < 1.29 is 29.6 Å². The van der Waals surface area contributed by atoms with Crippen LogP contribution in [0.1, 0.15) is 118 Å². The number of hydrogen-bond acceptors (Lipinski definition) is 11. The number of aromatic hydroxyl groups is 1. The fraction of sp³-hybridized carbons (Fsp3) is 0.545. The zero-order valence-electron chi connectivity index (χ0n) is 45.7. The fourth-order valence-electron chi connectivity index (χ4n) is 15.5. The van der Waals surface area contributed by atoms with Crippen LogP contribution in [-0.4, -0.2) is 91.1 Å². The van der Waals surface area contributed by atoms with Crippen LogP contribution in [0.15, 0.2) is 121 Å². The highest BCUT2D eigenvalue weighted by atomic mass is 16.5. The number of allylic oxidation sites excluding steroid dienone is 5. The standard InChI is InChI=1S/C66H87N5O6/c1-77-63-35-59(50(31-61(63)75)29-51-40-71-64(67)32-48(51)21-19-45-13-8-12-44(26-45)18-17-43-10-4-2-5-11-43)53(42-72)30-57(74)34-56(73)27-46-20-22-54-33-55(70-41-62(76)47-14-6-3-7-15-47)37-66(54,36-46)38-60-58-23-25-68-39-52(58)28-49-16-9-24-69-65(49)60/h2,4-5,8-13,16,20,22,26,30-32,35,40,46-47,49,52,54-55,58,60,62,64-65,68-72,75-76H,3,6-7,14-15,17-19,21,23-25,27-29,33-34,36-39,41-42,67H2,1H3. The van der Waals surface area contributed by atoms with Crippen molar-refractivity contribution in [1.82, 2.24) is 21.3 Å². The van der Waals surface area contributed by atoms with Gasteiger partial charge in [0.25, 0.3) is 0 Å². The largest absolute Gasteiger partial charge is 0.504 e. The van der Waals surface area contributed by atoms with Gasteiger partial charge >= 0.3 is 0 Å². The normalized spacial score (nSPS) is 29.6. The van der Waals surface area contributed by atoms with Gasteiger partial charge < -0.3 is 47.1 Å². The number of phenolic OH excluding ortho intramolecular Hbond substituents is 1. The quantitative estimate of drug-likeness (QED) is 0.0274. The Morgan fingerprint density at radius 2 is 1.70 bits per heavy atom. The molecule has 0 aromatic heterocycles. The van der Waals surface area contributed by atoms with Crippen LogP contribution in [0.3, 0.4) is 0 Å². The Bertz CT molecular complexity index is 2670. The lowest BCUT2D eigenvalue weighted by molar-refractivity contribution is -0.125. The van der Waals surface area contributed by atoms with Crippen LogP contribution >= 0.6 is 0 Å². The number of aliphatic hydroxyl groups is 2. The fourth-order valence-corrected chi connectivity index (χ4v) is 15.5. The molecule has 3 aromatic rings. The Balaban J connectivity index is 0.819. The number of ether oxygens (including phenoxy) is 1. The number of methoxy groups -OCH3 is 1. The molecule has 7 aliphatic rings. The molecule has 3 heterocycles. The second-order valence-electron chi connectivity index (χ2n) is 24.3. The highest BCUT2D eigenvalue weighted by Gasteiger charge is 2.54. The summed E-state index contributed by atoms with van der Waals surface area (Å²) in [4.78, 5) is 28.3. The molecule has 4 fully saturated rings. The first-order chi connectivity index (χ1) is 37.5. The molecule has 11 nitrogen and oxygen atoms in total. The Labute approximate surface area is 458 Å². The number of benzene rings is 3. The van der Waals surface area contributed by atoms with Crippen LogP contribution < -0.4 is 31.7 Å². The maximum atomic E-state index is 14.2. The van der Waals surface area contributed by atoms with Crippen molar-refractivity contribution in [1.29, 1.82) is 0 Å². The first kappa shape index (κ1) is 55.2. The van der Waals surface area contributed by atoms with E-state index in [-0.39, 0.29) is 53.1 Å². The molecule has 11 atom stereocenters. The van der Waals surface area contributed by atoms with E-state index in [1.165, 1.54) is 62.0 Å². The van der Waals surface area contributed by atoms with Crippen molar-refractivity contribution in [3.63, 3.8) is 0 Å². The monoisotopic (exact) mass is 1050 g/mol. The lowest BCUT2D eigenvalue weighted by atomic mass is 9.55. The highest BCUT2D eigenvalue weighted by molar-refractivity contribution is 6.08. The summed E-state index contributed by atoms with van der Waals surface area (Å²) in [6.45, 7) is 3.27. The van der Waals surface area contributed by atoms with Gasteiger partial charge in [-0.1, -0.05) is 98.2 Å². The molecule has 0 bridgehead atoms. The van der Waals surface area contributed by atoms with Gasteiger partial charge in [-0.25, -0.2) is 0 Å². The molecule has 9 N–H and O–H groups in total. The van der Waals surface area contributed by atoms with Gasteiger partial charge in [0.05, 0.1) is 32.4 Å². The van der Waals surface area contributed by atoms with E-state index in [9.17, 15) is 24.9 Å². The van der Waals surface area contributed by atoms with E-state index in [4.69, 9.17) is 10.5 Å². The first-order valence-corrected chi connectivity index (χ1v) is 29.5. The van der Waals surface area contributed by atoms with Crippen LogP contribution in [0.5, 0.6) is 11.5 Å². The average Bonchev–Trinajstić information content (AvgIpc) is 3.90. The first-order valence-electron chi connectivity index (χ1n) is 29.5. The third-order valence-electron chi connectivity index (χ3n) is 19.2. The van der Waals surface area contributed by atoms with E-state index < -0.39 is 6.61 Å². The summed E-state index contributed by atoms with van der Waals surface area (Å²) < 4.78 is 5.56. The molecule has 3 saturated carbocycles. The summed E-state index contributed by atoms with van der Waals surface area (Å²) in [7, 11) is 1.48. The molecule has 0 radical (unpaired) electrons. The van der Waals surface area contributed by atoms with E-state index in [1.807, 2.05) is 18.3 Å². The minimum atomic E-state index is -0.444. The van der Waals surface area contributed by atoms with Crippen LogP contribution in [0, 0.1) is 46.8 Å². The molecule has 4 aliphatic carbocycles. The van der Waals surface area contributed by atoms with Crippen LogP contribution in [0.25, 0.3) is 5.57 Å². The van der Waals surface area contributed by atoms with E-state index in [0.29, 0.717) is 83.7 Å². The van der Waals surface area contributed by atoms with Gasteiger partial charge in [-0.3, -0.25) is 9.59 Å². The van der Waals surface area contributed by atoms with Gasteiger partial charge in [0.15, 0.2) is 17.3 Å². The predicted molar refractivity (Wildman–Crippen MR) is 307 cm³/mol. The number of fused-ring (bicyclic) bond motifs is 3. The van der Waals surface area contributed by atoms with Crippen LogP contribution in [0.4, 0.5) is 0 Å². The van der Waals surface area contributed by atoms with Crippen molar-refractivity contribution >= 4 is 17.1 Å². The number of aryl methyl sites for hydroxylation is 3. The Kier molecular flexibility index (Phi) is 18.5. The molecule has 3 aliphatic heterocycles. The Morgan fingerprint density at radius 1 is 0.909 bits per heavy atom. The van der Waals surface area contributed by atoms with Gasteiger partial charge in [-0.2, -0.15) is 0 Å². The number of carbonyl (C=O) groups excluding carboxylic acids is 2. The summed E-state index contributed by atoms with van der Waals surface area (Å²) in [6.07, 6.45) is 30.7. The van der Waals surface area contributed by atoms with Crippen molar-refractivity contribution in [2.45, 2.75) is 140 Å². The molecular weight excluding hydrogens is 959 g/mol. The number of nitrogens with one attached hydrogen (secondary N) is 4. The van der Waals surface area contributed by atoms with Gasteiger partial charge in [-0.05, 0) is 212 Å². The van der Waals surface area contributed by atoms with Crippen molar-refractivity contribution in [2.75, 3.05) is 39.9 Å². The molecule has 3 aromatic carbocycles. The second kappa shape index (κ2) is 25.8. The lowest BCUT2D eigenvalue weighted by Crippen LogP contribution is -2.57. The number of dihydropyridines is 1. The summed E-state index contributed by atoms with van der Waals surface area (Å²) in [6, 6.07) is 23.4. The minimum absolute atomic E-state index is 0.0113. The molecule has 11 unspecified atom stereocenters. The molecular formula is C66H87N5O6. The summed E-state index contributed by atoms with van der Waals surface area (Å²) >= 11 is 0.